The molecule has 0 unspecified atom stereocenters. The second kappa shape index (κ2) is 13.4. The molecule has 0 aliphatic carbocycles. The number of piperazine rings is 1. The minimum absolute atomic E-state index is 0.00777. The Bertz CT molecular complexity index is 1080. The van der Waals surface area contributed by atoms with Crippen molar-refractivity contribution in [3.63, 3.8) is 0 Å². The number of likely N-dealkylation sites (N-methyl/N-ethyl adjacent to an activating group) is 2. The molecule has 11 nitrogen and oxygen atoms in total. The van der Waals surface area contributed by atoms with Crippen LogP contribution >= 0.6 is 0 Å². The number of aliphatic hydroxyl groups is 1. The summed E-state index contributed by atoms with van der Waals surface area (Å²) in [6, 6.07) is 7.52. The second-order valence-corrected chi connectivity index (χ2v) is 11.0. The molecule has 11 heteroatoms. The Morgan fingerprint density at radius 1 is 1.18 bits per heavy atom. The molecule has 2 bridgehead atoms. The van der Waals surface area contributed by atoms with Crippen molar-refractivity contribution in [2.75, 3.05) is 64.9 Å². The van der Waals surface area contributed by atoms with E-state index in [2.05, 4.69) is 27.2 Å². The maximum Gasteiger partial charge on any atom is 0.253 e. The third-order valence-corrected chi connectivity index (χ3v) is 7.83. The lowest BCUT2D eigenvalue weighted by Crippen LogP contribution is -2.47. The van der Waals surface area contributed by atoms with Crippen molar-refractivity contribution in [2.24, 2.45) is 5.92 Å². The minimum atomic E-state index is -0.351. The Morgan fingerprint density at radius 3 is 2.59 bits per heavy atom. The average molecular weight is 542 g/mol. The van der Waals surface area contributed by atoms with Gasteiger partial charge in [0, 0.05) is 76.5 Å². The van der Waals surface area contributed by atoms with Crippen molar-refractivity contribution in [3.05, 3.63) is 41.7 Å². The Morgan fingerprint density at radius 2 is 1.90 bits per heavy atom. The number of carbonyl (C=O) groups excluding carboxylic acids is 2. The topological polar surface area (TPSA) is 107 Å². The fraction of sp³-hybridized carbons (Fsp3) is 0.643. The molecule has 2 aromatic rings. The maximum atomic E-state index is 13.4. The van der Waals surface area contributed by atoms with Gasteiger partial charge in [0.1, 0.15) is 5.69 Å². The van der Waals surface area contributed by atoms with Crippen LogP contribution in [-0.4, -0.2) is 119 Å². The van der Waals surface area contributed by atoms with Gasteiger partial charge >= 0.3 is 0 Å². The van der Waals surface area contributed by atoms with Crippen molar-refractivity contribution in [2.45, 2.75) is 52.0 Å². The Hall–Kier alpha value is -3.02. The van der Waals surface area contributed by atoms with E-state index in [1.54, 1.807) is 21.5 Å². The number of benzene rings is 1. The molecule has 3 atom stereocenters. The van der Waals surface area contributed by atoms with E-state index in [-0.39, 0.29) is 43.1 Å². The van der Waals surface area contributed by atoms with Crippen LogP contribution < -0.4 is 4.90 Å². The summed E-state index contributed by atoms with van der Waals surface area (Å²) in [6.07, 6.45) is 2.49. The smallest absolute Gasteiger partial charge is 0.253 e. The van der Waals surface area contributed by atoms with E-state index in [0.29, 0.717) is 43.7 Å². The zero-order valence-electron chi connectivity index (χ0n) is 23.7. The monoisotopic (exact) mass is 541 g/mol. The zero-order chi connectivity index (χ0) is 27.9. The third kappa shape index (κ3) is 7.55. The highest BCUT2D eigenvalue weighted by molar-refractivity contribution is 5.94. The fourth-order valence-electron chi connectivity index (χ4n) is 5.15. The number of anilines is 1. The molecule has 3 heterocycles. The van der Waals surface area contributed by atoms with Crippen LogP contribution in [0.2, 0.25) is 0 Å². The molecule has 0 radical (unpaired) electrons. The first-order valence-corrected chi connectivity index (χ1v) is 13.9. The van der Waals surface area contributed by atoms with E-state index in [1.807, 2.05) is 44.3 Å². The second-order valence-electron chi connectivity index (χ2n) is 11.0. The molecule has 1 saturated heterocycles. The lowest BCUT2D eigenvalue weighted by Gasteiger charge is -2.35. The SMILES string of the molecule is C[C@@H]1CN([C@@H](C)CO)C(=O)CCCn2cc(nn2)CO[C@@H]1CN(C)C(=O)c1ccc(N2CCN(C)CC2)cc1. The van der Waals surface area contributed by atoms with E-state index < -0.39 is 0 Å². The van der Waals surface area contributed by atoms with Gasteiger partial charge in [0.05, 0.1) is 31.6 Å². The van der Waals surface area contributed by atoms with E-state index in [0.717, 1.165) is 31.9 Å². The highest BCUT2D eigenvalue weighted by Crippen LogP contribution is 2.20. The van der Waals surface area contributed by atoms with Crippen LogP contribution in [-0.2, 0) is 22.7 Å². The normalized spacial score (nSPS) is 22.5. The summed E-state index contributed by atoms with van der Waals surface area (Å²) >= 11 is 0. The van der Waals surface area contributed by atoms with E-state index in [4.69, 9.17) is 4.74 Å². The van der Waals surface area contributed by atoms with Crippen LogP contribution in [0.5, 0.6) is 0 Å². The fourth-order valence-corrected chi connectivity index (χ4v) is 5.15. The summed E-state index contributed by atoms with van der Waals surface area (Å²) in [7, 11) is 3.92. The summed E-state index contributed by atoms with van der Waals surface area (Å²) in [5, 5.41) is 18.2. The Balaban J connectivity index is 1.46. The molecule has 0 spiro atoms. The largest absolute Gasteiger partial charge is 0.394 e. The van der Waals surface area contributed by atoms with Gasteiger partial charge in [-0.05, 0) is 44.7 Å². The first-order valence-electron chi connectivity index (χ1n) is 13.9. The molecule has 2 aliphatic heterocycles. The quantitative estimate of drug-likeness (QED) is 0.584. The van der Waals surface area contributed by atoms with E-state index in [9.17, 15) is 14.7 Å². The number of carbonyl (C=O) groups is 2. The van der Waals surface area contributed by atoms with Crippen molar-refractivity contribution in [1.82, 2.24) is 29.7 Å². The van der Waals surface area contributed by atoms with Crippen molar-refractivity contribution in [1.29, 1.82) is 0 Å². The van der Waals surface area contributed by atoms with Gasteiger partial charge in [-0.15, -0.1) is 5.10 Å². The minimum Gasteiger partial charge on any atom is -0.394 e. The van der Waals surface area contributed by atoms with Gasteiger partial charge in [-0.1, -0.05) is 12.1 Å². The lowest BCUT2D eigenvalue weighted by atomic mass is 10.0. The summed E-state index contributed by atoms with van der Waals surface area (Å²) in [4.78, 5) is 34.5. The van der Waals surface area contributed by atoms with Gasteiger partial charge in [-0.25, -0.2) is 0 Å². The molecule has 2 aliphatic rings. The summed E-state index contributed by atoms with van der Waals surface area (Å²) in [6.45, 7) is 9.40. The molecule has 2 amide bonds. The van der Waals surface area contributed by atoms with Crippen molar-refractivity contribution >= 4 is 17.5 Å². The average Bonchev–Trinajstić information content (AvgIpc) is 3.40. The standard InChI is InChI=1S/C28H43N7O4/c1-21-16-35(22(2)19-36)27(37)6-5-11-34-17-24(29-30-34)20-39-26(21)18-32(4)28(38)23-7-9-25(10-8-23)33-14-12-31(3)13-15-33/h7-10,17,21-22,26,36H,5-6,11-16,18-20H2,1-4H3/t21-,22+,26-/m1/s1. The van der Waals surface area contributed by atoms with Crippen LogP contribution in [0, 0.1) is 5.92 Å². The molecule has 1 aromatic heterocycles. The highest BCUT2D eigenvalue weighted by atomic mass is 16.5. The third-order valence-electron chi connectivity index (χ3n) is 7.83. The van der Waals surface area contributed by atoms with Crippen LogP contribution in [0.4, 0.5) is 5.69 Å². The van der Waals surface area contributed by atoms with E-state index in [1.165, 1.54) is 0 Å². The van der Waals surface area contributed by atoms with Crippen molar-refractivity contribution in [3.8, 4) is 0 Å². The molecule has 4 rings (SSSR count). The molecule has 1 N–H and O–H groups in total. The number of hydrogen-bond donors (Lipinski definition) is 1. The predicted molar refractivity (Wildman–Crippen MR) is 148 cm³/mol. The molecule has 214 valence electrons. The molecule has 1 fully saturated rings. The number of fused-ring (bicyclic) bond motifs is 2. The van der Waals surface area contributed by atoms with E-state index >= 15 is 0 Å². The number of ether oxygens (including phenoxy) is 1. The molecule has 1 aromatic carbocycles. The number of amides is 2. The first-order chi connectivity index (χ1) is 18.7. The van der Waals surface area contributed by atoms with Gasteiger partial charge in [0.25, 0.3) is 5.91 Å². The van der Waals surface area contributed by atoms with Gasteiger partial charge < -0.3 is 29.4 Å². The number of aromatic nitrogens is 3. The van der Waals surface area contributed by atoms with Crippen LogP contribution in [0.3, 0.4) is 0 Å². The number of hydrogen-bond acceptors (Lipinski definition) is 8. The lowest BCUT2D eigenvalue weighted by molar-refractivity contribution is -0.136. The van der Waals surface area contributed by atoms with Gasteiger partial charge in [0.15, 0.2) is 0 Å². The summed E-state index contributed by atoms with van der Waals surface area (Å²) in [5.41, 5.74) is 2.47. The molecule has 39 heavy (non-hydrogen) atoms. The van der Waals surface area contributed by atoms with Gasteiger partial charge in [0.2, 0.25) is 5.91 Å². The zero-order valence-corrected chi connectivity index (χ0v) is 23.7. The van der Waals surface area contributed by atoms with Crippen molar-refractivity contribution < 1.29 is 19.4 Å². The highest BCUT2D eigenvalue weighted by Gasteiger charge is 2.29. The van der Waals surface area contributed by atoms with Gasteiger partial charge in [-0.2, -0.15) is 0 Å². The number of nitrogens with zero attached hydrogens (tertiary/aromatic N) is 7. The number of rotatable bonds is 6. The van der Waals surface area contributed by atoms with Crippen LogP contribution in [0.25, 0.3) is 0 Å². The summed E-state index contributed by atoms with van der Waals surface area (Å²) < 4.78 is 8.03. The molecule has 0 saturated carbocycles. The van der Waals surface area contributed by atoms with Crippen LogP contribution in [0.15, 0.2) is 30.5 Å². The maximum absolute atomic E-state index is 13.4. The van der Waals surface area contributed by atoms with Crippen LogP contribution in [0.1, 0.15) is 42.7 Å². The van der Waals surface area contributed by atoms with Gasteiger partial charge in [-0.3, -0.25) is 14.3 Å². The predicted octanol–water partition coefficient (Wildman–Crippen LogP) is 1.33. The Labute approximate surface area is 231 Å². The number of aryl methyl sites for hydroxylation is 1. The molecular weight excluding hydrogens is 498 g/mol. The summed E-state index contributed by atoms with van der Waals surface area (Å²) in [5.74, 6) is -0.179. The first kappa shape index (κ1) is 29.0. The number of aliphatic hydroxyl groups excluding tert-OH is 1. The molecular formula is C28H43N7O4. The Kier molecular flexibility index (Phi) is 9.93.